The standard InChI is InChI=1S/C15H21N/c1-11-6-4-7-12-13(11)10-15(2)8-5-9-16(3)14(12)15/h4,6-7,14H,5,8-10H2,1-3H3/t14-,15+/m1/s1. The van der Waals surface area contributed by atoms with Gasteiger partial charge in [-0.05, 0) is 61.9 Å². The number of fused-ring (bicyclic) bond motifs is 3. The number of likely N-dealkylation sites (tertiary alicyclic amines) is 1. The molecule has 2 atom stereocenters. The molecule has 1 heterocycles. The van der Waals surface area contributed by atoms with Crippen molar-refractivity contribution in [2.75, 3.05) is 13.6 Å². The highest BCUT2D eigenvalue weighted by Crippen LogP contribution is 2.53. The molecule has 0 bridgehead atoms. The maximum absolute atomic E-state index is 2.56. The van der Waals surface area contributed by atoms with Crippen molar-refractivity contribution in [2.45, 2.75) is 39.2 Å². The Hall–Kier alpha value is -0.820. The second kappa shape index (κ2) is 3.33. The van der Waals surface area contributed by atoms with Crippen LogP contribution in [0.2, 0.25) is 0 Å². The minimum absolute atomic E-state index is 0.488. The largest absolute Gasteiger partial charge is 0.299 e. The summed E-state index contributed by atoms with van der Waals surface area (Å²) in [5.74, 6) is 0. The Morgan fingerprint density at radius 3 is 3.00 bits per heavy atom. The van der Waals surface area contributed by atoms with Crippen LogP contribution in [-0.2, 0) is 6.42 Å². The molecule has 0 radical (unpaired) electrons. The van der Waals surface area contributed by atoms with E-state index in [1.165, 1.54) is 31.4 Å². The monoisotopic (exact) mass is 215 g/mol. The van der Waals surface area contributed by atoms with E-state index in [0.717, 1.165) is 0 Å². The fraction of sp³-hybridized carbons (Fsp3) is 0.600. The zero-order valence-electron chi connectivity index (χ0n) is 10.6. The Labute approximate surface area is 98.5 Å². The van der Waals surface area contributed by atoms with Crippen molar-refractivity contribution < 1.29 is 0 Å². The third kappa shape index (κ3) is 1.27. The van der Waals surface area contributed by atoms with E-state index in [1.807, 2.05) is 0 Å². The molecule has 0 spiro atoms. The van der Waals surface area contributed by atoms with Gasteiger partial charge in [0.05, 0.1) is 0 Å². The van der Waals surface area contributed by atoms with Crippen LogP contribution in [0.25, 0.3) is 0 Å². The Morgan fingerprint density at radius 1 is 1.38 bits per heavy atom. The van der Waals surface area contributed by atoms with Crippen LogP contribution in [-0.4, -0.2) is 18.5 Å². The van der Waals surface area contributed by atoms with Crippen LogP contribution in [0.3, 0.4) is 0 Å². The van der Waals surface area contributed by atoms with Crippen LogP contribution in [0.4, 0.5) is 0 Å². The molecule has 86 valence electrons. The quantitative estimate of drug-likeness (QED) is 0.641. The zero-order valence-corrected chi connectivity index (χ0v) is 10.6. The molecule has 16 heavy (non-hydrogen) atoms. The van der Waals surface area contributed by atoms with E-state index in [4.69, 9.17) is 0 Å². The SMILES string of the molecule is Cc1cccc2c1C[C@]1(C)CCCN(C)[C@H]21. The first-order chi connectivity index (χ1) is 7.62. The summed E-state index contributed by atoms with van der Waals surface area (Å²) in [7, 11) is 2.29. The van der Waals surface area contributed by atoms with Crippen molar-refractivity contribution in [1.82, 2.24) is 4.90 Å². The molecule has 0 amide bonds. The van der Waals surface area contributed by atoms with E-state index in [2.05, 4.69) is 44.0 Å². The van der Waals surface area contributed by atoms with Gasteiger partial charge in [0.1, 0.15) is 0 Å². The van der Waals surface area contributed by atoms with Gasteiger partial charge in [-0.25, -0.2) is 0 Å². The van der Waals surface area contributed by atoms with E-state index in [1.54, 1.807) is 11.1 Å². The number of benzene rings is 1. The normalized spacial score (nSPS) is 33.6. The lowest BCUT2D eigenvalue weighted by atomic mass is 9.75. The van der Waals surface area contributed by atoms with Crippen molar-refractivity contribution in [3.63, 3.8) is 0 Å². The van der Waals surface area contributed by atoms with Crippen LogP contribution in [0.15, 0.2) is 18.2 Å². The van der Waals surface area contributed by atoms with Gasteiger partial charge in [0.2, 0.25) is 0 Å². The minimum Gasteiger partial charge on any atom is -0.299 e. The van der Waals surface area contributed by atoms with Crippen molar-refractivity contribution in [1.29, 1.82) is 0 Å². The molecule has 1 fully saturated rings. The molecule has 0 aromatic heterocycles. The zero-order chi connectivity index (χ0) is 11.3. The Bertz CT molecular complexity index is 423. The van der Waals surface area contributed by atoms with E-state index in [9.17, 15) is 0 Å². The molecule has 1 aromatic rings. The molecule has 2 aliphatic rings. The first-order valence-electron chi connectivity index (χ1n) is 6.40. The summed E-state index contributed by atoms with van der Waals surface area (Å²) >= 11 is 0. The van der Waals surface area contributed by atoms with E-state index in [0.29, 0.717) is 11.5 Å². The lowest BCUT2D eigenvalue weighted by Crippen LogP contribution is -2.40. The fourth-order valence-electron chi connectivity index (χ4n) is 3.95. The number of rotatable bonds is 0. The molecule has 1 heteroatoms. The summed E-state index contributed by atoms with van der Waals surface area (Å²) in [4.78, 5) is 2.56. The van der Waals surface area contributed by atoms with Gasteiger partial charge < -0.3 is 0 Å². The second-order valence-electron chi connectivity index (χ2n) is 5.96. The number of nitrogens with zero attached hydrogens (tertiary/aromatic N) is 1. The van der Waals surface area contributed by atoms with Crippen molar-refractivity contribution in [2.24, 2.45) is 5.41 Å². The molecule has 1 aromatic carbocycles. The van der Waals surface area contributed by atoms with Gasteiger partial charge in [0, 0.05) is 6.04 Å². The summed E-state index contributed by atoms with van der Waals surface area (Å²) in [6.07, 6.45) is 4.02. The fourth-order valence-corrected chi connectivity index (χ4v) is 3.95. The third-order valence-electron chi connectivity index (χ3n) is 4.68. The molecule has 0 unspecified atom stereocenters. The average molecular weight is 215 g/mol. The molecular weight excluding hydrogens is 194 g/mol. The van der Waals surface area contributed by atoms with Crippen LogP contribution in [0, 0.1) is 12.3 Å². The summed E-state index contributed by atoms with van der Waals surface area (Å²) in [6, 6.07) is 7.50. The predicted octanol–water partition coefficient (Wildman–Crippen LogP) is 3.32. The van der Waals surface area contributed by atoms with E-state index in [-0.39, 0.29) is 0 Å². The van der Waals surface area contributed by atoms with Crippen molar-refractivity contribution in [3.05, 3.63) is 34.9 Å². The molecule has 1 aliphatic carbocycles. The number of aryl methyl sites for hydroxylation is 1. The Kier molecular flexibility index (Phi) is 2.16. The van der Waals surface area contributed by atoms with Gasteiger partial charge in [-0.1, -0.05) is 25.1 Å². The maximum atomic E-state index is 2.56. The summed E-state index contributed by atoms with van der Waals surface area (Å²) in [6.45, 7) is 6.00. The molecule has 3 rings (SSSR count). The molecule has 1 saturated heterocycles. The topological polar surface area (TPSA) is 3.24 Å². The lowest BCUT2D eigenvalue weighted by Gasteiger charge is -2.43. The maximum Gasteiger partial charge on any atom is 0.0404 e. The summed E-state index contributed by atoms with van der Waals surface area (Å²) in [5.41, 5.74) is 5.21. The van der Waals surface area contributed by atoms with Gasteiger partial charge in [0.15, 0.2) is 0 Å². The number of piperidine rings is 1. The van der Waals surface area contributed by atoms with Gasteiger partial charge in [-0.3, -0.25) is 4.90 Å². The van der Waals surface area contributed by atoms with Gasteiger partial charge in [0.25, 0.3) is 0 Å². The van der Waals surface area contributed by atoms with Crippen molar-refractivity contribution in [3.8, 4) is 0 Å². The van der Waals surface area contributed by atoms with Gasteiger partial charge in [-0.15, -0.1) is 0 Å². The predicted molar refractivity (Wildman–Crippen MR) is 67.6 cm³/mol. The van der Waals surface area contributed by atoms with Crippen LogP contribution in [0.5, 0.6) is 0 Å². The highest BCUT2D eigenvalue weighted by atomic mass is 15.2. The third-order valence-corrected chi connectivity index (χ3v) is 4.68. The minimum atomic E-state index is 0.488. The van der Waals surface area contributed by atoms with Gasteiger partial charge in [-0.2, -0.15) is 0 Å². The summed E-state index contributed by atoms with van der Waals surface area (Å²) in [5, 5.41) is 0. The molecule has 0 saturated carbocycles. The van der Waals surface area contributed by atoms with Crippen molar-refractivity contribution >= 4 is 0 Å². The molecular formula is C15H21N. The number of hydrogen-bond donors (Lipinski definition) is 0. The summed E-state index contributed by atoms with van der Waals surface area (Å²) < 4.78 is 0. The second-order valence-corrected chi connectivity index (χ2v) is 5.96. The Morgan fingerprint density at radius 2 is 2.19 bits per heavy atom. The highest BCUT2D eigenvalue weighted by molar-refractivity contribution is 5.43. The number of hydrogen-bond acceptors (Lipinski definition) is 1. The van der Waals surface area contributed by atoms with Crippen LogP contribution in [0.1, 0.15) is 42.5 Å². The molecule has 1 aliphatic heterocycles. The Balaban J connectivity index is 2.13. The first-order valence-corrected chi connectivity index (χ1v) is 6.40. The average Bonchev–Trinajstić information content (AvgIpc) is 2.53. The lowest BCUT2D eigenvalue weighted by molar-refractivity contribution is 0.0590. The van der Waals surface area contributed by atoms with Gasteiger partial charge >= 0.3 is 0 Å². The van der Waals surface area contributed by atoms with Crippen LogP contribution >= 0.6 is 0 Å². The smallest absolute Gasteiger partial charge is 0.0404 e. The van der Waals surface area contributed by atoms with Crippen LogP contribution < -0.4 is 0 Å². The first kappa shape index (κ1) is 10.3. The van der Waals surface area contributed by atoms with E-state index < -0.39 is 0 Å². The molecule has 1 nitrogen and oxygen atoms in total. The van der Waals surface area contributed by atoms with E-state index >= 15 is 0 Å². The highest BCUT2D eigenvalue weighted by Gasteiger charge is 2.46. The molecule has 0 N–H and O–H groups in total.